The lowest BCUT2D eigenvalue weighted by Crippen LogP contribution is -2.61. The van der Waals surface area contributed by atoms with Gasteiger partial charge in [-0.25, -0.2) is 13.1 Å². The molecule has 2 aromatic rings. The smallest absolute Gasteiger partial charge is 0.260 e. The summed E-state index contributed by atoms with van der Waals surface area (Å²) in [4.78, 5) is 53.9. The lowest BCUT2D eigenvalue weighted by atomic mass is 9.76. The van der Waals surface area contributed by atoms with E-state index in [4.69, 9.17) is 4.74 Å². The number of nitrogens with zero attached hydrogens (tertiary/aromatic N) is 1. The number of ether oxygens (including phenoxy) is 1. The number of amides is 3. The van der Waals surface area contributed by atoms with Crippen LogP contribution in [-0.2, 0) is 40.4 Å². The number of carbonyl (C=O) groups excluding carboxylic acids is 4. The van der Waals surface area contributed by atoms with Crippen LogP contribution in [-0.4, -0.2) is 80.7 Å². The normalized spacial score (nSPS) is 14.3. The van der Waals surface area contributed by atoms with Gasteiger partial charge in [-0.3, -0.25) is 19.2 Å². The van der Waals surface area contributed by atoms with E-state index in [1.54, 1.807) is 50.5 Å². The van der Waals surface area contributed by atoms with Crippen LogP contribution in [0.5, 0.6) is 5.75 Å². The Hall–Kier alpha value is -3.68. The Balaban J connectivity index is 2.25. The summed E-state index contributed by atoms with van der Waals surface area (Å²) in [6.07, 6.45) is 1.59. The van der Waals surface area contributed by atoms with Gasteiger partial charge in [-0.05, 0) is 48.6 Å². The first-order chi connectivity index (χ1) is 23.6. The van der Waals surface area contributed by atoms with Crippen LogP contribution >= 0.6 is 11.8 Å². The van der Waals surface area contributed by atoms with Crippen molar-refractivity contribution in [1.29, 1.82) is 0 Å². The Morgan fingerprint density at radius 3 is 2.02 bits per heavy atom. The van der Waals surface area contributed by atoms with Gasteiger partial charge in [0.05, 0.1) is 24.4 Å². The van der Waals surface area contributed by atoms with E-state index in [0.717, 1.165) is 5.56 Å². The number of sulfonamides is 1. The fraction of sp³-hybridized carbons (Fsp3) is 0.526. The molecule has 0 aliphatic heterocycles. The molecule has 11 nitrogen and oxygen atoms in total. The number of likely N-dealkylation sites (N-methyl/N-ethyl adjacent to an activating group) is 2. The van der Waals surface area contributed by atoms with Gasteiger partial charge in [0.1, 0.15) is 11.8 Å². The van der Waals surface area contributed by atoms with E-state index >= 15 is 0 Å². The lowest BCUT2D eigenvalue weighted by molar-refractivity contribution is -0.140. The molecule has 2 rings (SSSR count). The third-order valence-corrected chi connectivity index (χ3v) is 10.6. The SMILES string of the molecule is CN[C@H](C(=O)NC(C(=O)N(C)[C@H](/C=C(\C)C(=O)NS(=O)(=O)Cc1ccccc1)C(C)C)C(C)(C)C)C(C)(C)c1ccc(OCCSC(C)=O)cc1. The van der Waals surface area contributed by atoms with Gasteiger partial charge in [-0.1, -0.05) is 109 Å². The molecule has 3 N–H and O–H groups in total. The van der Waals surface area contributed by atoms with Gasteiger partial charge < -0.3 is 20.3 Å². The zero-order valence-corrected chi connectivity index (χ0v) is 33.5. The van der Waals surface area contributed by atoms with E-state index in [-0.39, 0.29) is 34.2 Å². The van der Waals surface area contributed by atoms with Gasteiger partial charge in [-0.2, -0.15) is 0 Å². The molecule has 0 aliphatic carbocycles. The van der Waals surface area contributed by atoms with Gasteiger partial charge in [0.2, 0.25) is 21.8 Å². The fourth-order valence-corrected chi connectivity index (χ4v) is 7.27. The van der Waals surface area contributed by atoms with Crippen molar-refractivity contribution in [3.8, 4) is 5.75 Å². The van der Waals surface area contributed by atoms with Crippen molar-refractivity contribution in [2.75, 3.05) is 26.5 Å². The molecule has 0 aromatic heterocycles. The molecule has 282 valence electrons. The van der Waals surface area contributed by atoms with Crippen LogP contribution in [0.2, 0.25) is 0 Å². The Labute approximate surface area is 308 Å². The van der Waals surface area contributed by atoms with Crippen molar-refractivity contribution in [3.05, 3.63) is 77.4 Å². The molecule has 1 unspecified atom stereocenters. The molecule has 0 aliphatic rings. The second-order valence-corrected chi connectivity index (χ2v) is 17.7. The predicted octanol–water partition coefficient (Wildman–Crippen LogP) is 4.82. The topological polar surface area (TPSA) is 151 Å². The highest BCUT2D eigenvalue weighted by molar-refractivity contribution is 8.13. The van der Waals surface area contributed by atoms with Crippen LogP contribution in [0.25, 0.3) is 0 Å². The molecule has 3 amide bonds. The van der Waals surface area contributed by atoms with Crippen molar-refractivity contribution in [2.24, 2.45) is 11.3 Å². The monoisotopic (exact) mass is 744 g/mol. The minimum Gasteiger partial charge on any atom is -0.493 e. The highest BCUT2D eigenvalue weighted by Gasteiger charge is 2.41. The second-order valence-electron chi connectivity index (χ2n) is 14.7. The van der Waals surface area contributed by atoms with Crippen molar-refractivity contribution >= 4 is 44.6 Å². The summed E-state index contributed by atoms with van der Waals surface area (Å²) < 4.78 is 33.3. The number of carbonyl (C=O) groups is 4. The van der Waals surface area contributed by atoms with Gasteiger partial charge in [-0.15, -0.1) is 0 Å². The maximum atomic E-state index is 14.2. The largest absolute Gasteiger partial charge is 0.493 e. The van der Waals surface area contributed by atoms with Crippen LogP contribution < -0.4 is 20.1 Å². The summed E-state index contributed by atoms with van der Waals surface area (Å²) in [7, 11) is -0.645. The van der Waals surface area contributed by atoms with E-state index in [2.05, 4.69) is 15.4 Å². The number of thioether (sulfide) groups is 1. The summed E-state index contributed by atoms with van der Waals surface area (Å²) in [5, 5.41) is 6.19. The van der Waals surface area contributed by atoms with E-state index in [1.165, 1.54) is 30.5 Å². The minimum absolute atomic E-state index is 0.0371. The fourth-order valence-electron chi connectivity index (χ4n) is 5.67. The molecule has 3 atom stereocenters. The van der Waals surface area contributed by atoms with E-state index in [9.17, 15) is 27.6 Å². The molecule has 0 radical (unpaired) electrons. The molecule has 0 heterocycles. The van der Waals surface area contributed by atoms with Gasteiger partial charge in [0.25, 0.3) is 5.91 Å². The first-order valence-electron chi connectivity index (χ1n) is 17.0. The van der Waals surface area contributed by atoms with Crippen LogP contribution in [0.3, 0.4) is 0 Å². The maximum absolute atomic E-state index is 14.2. The average Bonchev–Trinajstić information content (AvgIpc) is 3.03. The molecule has 2 aromatic carbocycles. The van der Waals surface area contributed by atoms with E-state index in [0.29, 0.717) is 23.7 Å². The third kappa shape index (κ3) is 13.1. The zero-order valence-electron chi connectivity index (χ0n) is 31.8. The number of benzene rings is 2. The molecule has 0 saturated heterocycles. The summed E-state index contributed by atoms with van der Waals surface area (Å²) in [5.41, 5.74) is 0.178. The van der Waals surface area contributed by atoms with Crippen LogP contribution in [0.1, 0.15) is 73.4 Å². The van der Waals surface area contributed by atoms with Crippen LogP contribution in [0.15, 0.2) is 66.2 Å². The molecule has 0 saturated carbocycles. The molecule has 0 fully saturated rings. The Morgan fingerprint density at radius 2 is 1.51 bits per heavy atom. The Kier molecular flexibility index (Phi) is 15.9. The minimum atomic E-state index is -3.96. The molecular formula is C38H56N4O7S2. The van der Waals surface area contributed by atoms with Crippen LogP contribution in [0, 0.1) is 11.3 Å². The zero-order chi connectivity index (χ0) is 38.7. The maximum Gasteiger partial charge on any atom is 0.260 e. The Morgan fingerprint density at radius 1 is 0.922 bits per heavy atom. The quantitative estimate of drug-likeness (QED) is 0.153. The van der Waals surface area contributed by atoms with E-state index < -0.39 is 44.9 Å². The third-order valence-electron chi connectivity index (χ3n) is 8.63. The molecule has 0 bridgehead atoms. The van der Waals surface area contributed by atoms with Gasteiger partial charge in [0, 0.05) is 30.7 Å². The van der Waals surface area contributed by atoms with Crippen molar-refractivity contribution in [3.63, 3.8) is 0 Å². The lowest BCUT2D eigenvalue weighted by Gasteiger charge is -2.40. The predicted molar refractivity (Wildman–Crippen MR) is 205 cm³/mol. The molecular weight excluding hydrogens is 689 g/mol. The van der Waals surface area contributed by atoms with Crippen LogP contribution in [0.4, 0.5) is 0 Å². The summed E-state index contributed by atoms with van der Waals surface area (Å²) >= 11 is 1.20. The standard InChI is InChI=1S/C38H56N4O7S2/c1-25(2)31(23-26(3)34(44)41-51(47,48)24-28-15-13-12-14-16-28)42(11)36(46)33(37(5,6)7)40-35(45)32(39-10)38(8,9)29-17-19-30(20-18-29)49-21-22-50-27(4)43/h12-20,23,25,31-33,39H,21-22,24H2,1-11H3,(H,40,45)(H,41,44)/b26-23+/t31-,32-,33?/m1/s1. The molecule has 51 heavy (non-hydrogen) atoms. The number of nitrogens with one attached hydrogen (secondary N) is 3. The summed E-state index contributed by atoms with van der Waals surface area (Å²) in [6, 6.07) is 13.8. The average molecular weight is 745 g/mol. The number of hydrogen-bond acceptors (Lipinski definition) is 9. The summed E-state index contributed by atoms with van der Waals surface area (Å²) in [5.74, 6) is -0.782. The van der Waals surface area contributed by atoms with Gasteiger partial charge >= 0.3 is 0 Å². The van der Waals surface area contributed by atoms with Gasteiger partial charge in [0.15, 0.2) is 5.12 Å². The number of rotatable bonds is 17. The highest BCUT2D eigenvalue weighted by Crippen LogP contribution is 2.30. The van der Waals surface area contributed by atoms with Crippen molar-refractivity contribution in [1.82, 2.24) is 20.3 Å². The summed E-state index contributed by atoms with van der Waals surface area (Å²) in [6.45, 7) is 16.7. The highest BCUT2D eigenvalue weighted by atomic mass is 32.2. The molecule has 13 heteroatoms. The van der Waals surface area contributed by atoms with E-state index in [1.807, 2.05) is 72.7 Å². The van der Waals surface area contributed by atoms with Crippen molar-refractivity contribution in [2.45, 2.75) is 91.6 Å². The second kappa shape index (κ2) is 18.7. The first kappa shape index (κ1) is 43.5. The number of hydrogen-bond donors (Lipinski definition) is 3. The first-order valence-corrected chi connectivity index (χ1v) is 19.6. The molecule has 0 spiro atoms. The van der Waals surface area contributed by atoms with Crippen molar-refractivity contribution < 1.29 is 32.3 Å². The Bertz CT molecular complexity index is 1630.